The number of urea groups is 1. The maximum absolute atomic E-state index is 14.9. The van der Waals surface area contributed by atoms with Gasteiger partial charge in [-0.1, -0.05) is 43.5 Å². The summed E-state index contributed by atoms with van der Waals surface area (Å²) in [6.45, 7) is 1.86. The number of anilines is 1. The fourth-order valence-corrected chi connectivity index (χ4v) is 4.51. The van der Waals surface area contributed by atoms with E-state index in [2.05, 4.69) is 25.9 Å². The van der Waals surface area contributed by atoms with Crippen LogP contribution < -0.4 is 16.0 Å². The molecule has 0 bridgehead atoms. The molecule has 1 aromatic heterocycles. The van der Waals surface area contributed by atoms with Crippen molar-refractivity contribution in [2.24, 2.45) is 0 Å². The van der Waals surface area contributed by atoms with E-state index in [1.807, 2.05) is 18.2 Å². The average molecular weight is 487 g/mol. The Bertz CT molecular complexity index is 1300. The van der Waals surface area contributed by atoms with Crippen LogP contribution in [0.1, 0.15) is 56.1 Å². The third kappa shape index (κ3) is 5.84. The minimum absolute atomic E-state index is 0.0560. The van der Waals surface area contributed by atoms with Crippen LogP contribution in [-0.4, -0.2) is 21.9 Å². The van der Waals surface area contributed by atoms with E-state index < -0.39 is 17.4 Å². The summed E-state index contributed by atoms with van der Waals surface area (Å²) in [4.78, 5) is 32.3. The standard InChI is InChI=1S/C27H27FN6O2/c1-18(35)31-17-19-5-7-20(8-6-19)22-10-9-21(15-23(22)28)32-26(36)34-27(12-3-2-4-13-27)24-11-14-30-25(16-29)33-24/h5-11,14-15H,2-4,12-13,17H2,1H3,(H,31,35)(H2,32,34,36). The van der Waals surface area contributed by atoms with E-state index in [0.717, 1.165) is 24.8 Å². The SMILES string of the molecule is CC(=O)NCc1ccc(-c2ccc(NC(=O)NC3(c4ccnc(C#N)n4)CCCCC3)cc2F)cc1. The lowest BCUT2D eigenvalue weighted by Gasteiger charge is -2.37. The van der Waals surface area contributed by atoms with Crippen LogP contribution in [-0.2, 0) is 16.9 Å². The number of nitrogens with zero attached hydrogens (tertiary/aromatic N) is 3. The summed E-state index contributed by atoms with van der Waals surface area (Å²) < 4.78 is 14.9. The number of carbonyl (C=O) groups is 2. The van der Waals surface area contributed by atoms with Crippen molar-refractivity contribution < 1.29 is 14.0 Å². The van der Waals surface area contributed by atoms with Crippen LogP contribution in [0.15, 0.2) is 54.7 Å². The van der Waals surface area contributed by atoms with Gasteiger partial charge in [0.2, 0.25) is 11.7 Å². The lowest BCUT2D eigenvalue weighted by Crippen LogP contribution is -2.49. The molecular formula is C27H27FN6O2. The molecule has 0 atom stereocenters. The first-order chi connectivity index (χ1) is 17.4. The van der Waals surface area contributed by atoms with Crippen molar-refractivity contribution in [3.8, 4) is 17.2 Å². The Balaban J connectivity index is 1.47. The van der Waals surface area contributed by atoms with Gasteiger partial charge in [-0.3, -0.25) is 4.79 Å². The van der Waals surface area contributed by atoms with Gasteiger partial charge < -0.3 is 16.0 Å². The van der Waals surface area contributed by atoms with Gasteiger partial charge in [0, 0.05) is 30.9 Å². The number of halogens is 1. The predicted molar refractivity (Wildman–Crippen MR) is 133 cm³/mol. The van der Waals surface area contributed by atoms with Gasteiger partial charge in [-0.2, -0.15) is 5.26 Å². The quantitative estimate of drug-likeness (QED) is 0.464. The fourth-order valence-electron chi connectivity index (χ4n) is 4.51. The topological polar surface area (TPSA) is 120 Å². The van der Waals surface area contributed by atoms with Gasteiger partial charge in [0.05, 0.1) is 11.2 Å². The number of nitrogens with one attached hydrogen (secondary N) is 3. The van der Waals surface area contributed by atoms with Crippen LogP contribution in [0.25, 0.3) is 11.1 Å². The smallest absolute Gasteiger partial charge is 0.319 e. The summed E-state index contributed by atoms with van der Waals surface area (Å²) in [5.74, 6) is -0.527. The molecule has 2 aromatic carbocycles. The Labute approximate surface area is 209 Å². The first-order valence-corrected chi connectivity index (χ1v) is 11.8. The van der Waals surface area contributed by atoms with E-state index in [-0.39, 0.29) is 11.7 Å². The Hall–Kier alpha value is -4.32. The maximum atomic E-state index is 14.9. The summed E-state index contributed by atoms with van der Waals surface area (Å²) in [6, 6.07) is 15.0. The van der Waals surface area contributed by atoms with E-state index in [0.29, 0.717) is 41.9 Å². The molecule has 1 fully saturated rings. The molecule has 0 aliphatic heterocycles. The van der Waals surface area contributed by atoms with E-state index in [9.17, 15) is 19.2 Å². The number of rotatable bonds is 6. The lowest BCUT2D eigenvalue weighted by molar-refractivity contribution is -0.119. The molecule has 36 heavy (non-hydrogen) atoms. The molecule has 0 saturated heterocycles. The summed E-state index contributed by atoms with van der Waals surface area (Å²) in [5.41, 5.74) is 2.21. The highest BCUT2D eigenvalue weighted by atomic mass is 19.1. The van der Waals surface area contributed by atoms with Crippen molar-refractivity contribution in [3.63, 3.8) is 0 Å². The zero-order valence-electron chi connectivity index (χ0n) is 20.0. The monoisotopic (exact) mass is 486 g/mol. The Morgan fingerprint density at radius 2 is 1.83 bits per heavy atom. The molecule has 3 N–H and O–H groups in total. The Morgan fingerprint density at radius 3 is 2.50 bits per heavy atom. The molecular weight excluding hydrogens is 459 g/mol. The zero-order chi connectivity index (χ0) is 25.5. The average Bonchev–Trinajstić information content (AvgIpc) is 2.88. The minimum Gasteiger partial charge on any atom is -0.352 e. The highest BCUT2D eigenvalue weighted by Crippen LogP contribution is 2.36. The Kier molecular flexibility index (Phi) is 7.54. The van der Waals surface area contributed by atoms with Gasteiger partial charge in [-0.15, -0.1) is 0 Å². The normalized spacial score (nSPS) is 14.4. The van der Waals surface area contributed by atoms with E-state index in [4.69, 9.17) is 0 Å². The number of hydrogen-bond donors (Lipinski definition) is 3. The summed E-state index contributed by atoms with van der Waals surface area (Å²) in [5, 5.41) is 17.7. The molecule has 4 rings (SSSR count). The number of benzene rings is 2. The van der Waals surface area contributed by atoms with Gasteiger partial charge >= 0.3 is 6.03 Å². The number of aromatic nitrogens is 2. The molecule has 0 radical (unpaired) electrons. The second kappa shape index (κ2) is 11.0. The molecule has 8 nitrogen and oxygen atoms in total. The van der Waals surface area contributed by atoms with Gasteiger partial charge in [0.15, 0.2) is 0 Å². The predicted octanol–water partition coefficient (Wildman–Crippen LogP) is 4.77. The van der Waals surface area contributed by atoms with E-state index in [1.54, 1.807) is 30.3 Å². The summed E-state index contributed by atoms with van der Waals surface area (Å²) in [7, 11) is 0. The number of nitriles is 1. The molecule has 1 aliphatic carbocycles. The van der Waals surface area contributed by atoms with Gasteiger partial charge in [0.1, 0.15) is 11.9 Å². The number of carbonyl (C=O) groups excluding carboxylic acids is 2. The van der Waals surface area contributed by atoms with Crippen LogP contribution in [0, 0.1) is 17.1 Å². The summed E-state index contributed by atoms with van der Waals surface area (Å²) in [6.07, 6.45) is 5.79. The van der Waals surface area contributed by atoms with Crippen LogP contribution in [0.2, 0.25) is 0 Å². The van der Waals surface area contributed by atoms with Crippen molar-refractivity contribution in [2.45, 2.75) is 51.1 Å². The van der Waals surface area contributed by atoms with Crippen LogP contribution in [0.3, 0.4) is 0 Å². The molecule has 3 aromatic rings. The van der Waals surface area contributed by atoms with Crippen LogP contribution in [0.5, 0.6) is 0 Å². The second-order valence-electron chi connectivity index (χ2n) is 8.90. The zero-order valence-corrected chi connectivity index (χ0v) is 20.0. The lowest BCUT2D eigenvalue weighted by atomic mass is 9.79. The van der Waals surface area contributed by atoms with Gasteiger partial charge in [-0.25, -0.2) is 19.2 Å². The molecule has 1 saturated carbocycles. The van der Waals surface area contributed by atoms with Gasteiger partial charge in [-0.05, 0) is 48.2 Å². The summed E-state index contributed by atoms with van der Waals surface area (Å²) >= 11 is 0. The second-order valence-corrected chi connectivity index (χ2v) is 8.90. The highest BCUT2D eigenvalue weighted by molar-refractivity contribution is 5.90. The maximum Gasteiger partial charge on any atom is 0.319 e. The van der Waals surface area contributed by atoms with Crippen molar-refractivity contribution in [2.75, 3.05) is 5.32 Å². The van der Waals surface area contributed by atoms with Crippen molar-refractivity contribution in [1.29, 1.82) is 5.26 Å². The first-order valence-electron chi connectivity index (χ1n) is 11.8. The highest BCUT2D eigenvalue weighted by Gasteiger charge is 2.37. The first kappa shape index (κ1) is 24.8. The van der Waals surface area contributed by atoms with Crippen LogP contribution >= 0.6 is 0 Å². The molecule has 9 heteroatoms. The Morgan fingerprint density at radius 1 is 1.08 bits per heavy atom. The van der Waals surface area contributed by atoms with Crippen LogP contribution in [0.4, 0.5) is 14.9 Å². The molecule has 0 unspecified atom stereocenters. The van der Waals surface area contributed by atoms with E-state index in [1.165, 1.54) is 19.2 Å². The number of hydrogen-bond acceptors (Lipinski definition) is 5. The third-order valence-corrected chi connectivity index (χ3v) is 6.34. The van der Waals surface area contributed by atoms with E-state index >= 15 is 0 Å². The molecule has 3 amide bonds. The van der Waals surface area contributed by atoms with Gasteiger partial charge in [0.25, 0.3) is 0 Å². The largest absolute Gasteiger partial charge is 0.352 e. The van der Waals surface area contributed by atoms with Crippen molar-refractivity contribution >= 4 is 17.6 Å². The molecule has 1 aliphatic rings. The minimum atomic E-state index is -0.714. The molecule has 184 valence electrons. The fraction of sp³-hybridized carbons (Fsp3) is 0.296. The molecule has 0 spiro atoms. The van der Waals surface area contributed by atoms with Crippen molar-refractivity contribution in [1.82, 2.24) is 20.6 Å². The molecule has 1 heterocycles. The third-order valence-electron chi connectivity index (χ3n) is 6.34. The number of amides is 3. The van der Waals surface area contributed by atoms with Crippen molar-refractivity contribution in [3.05, 3.63) is 77.6 Å².